The van der Waals surface area contributed by atoms with Crippen LogP contribution in [-0.4, -0.2) is 38.0 Å². The van der Waals surface area contributed by atoms with Gasteiger partial charge in [0.15, 0.2) is 9.84 Å². The lowest BCUT2D eigenvalue weighted by molar-refractivity contribution is 0.0305. The normalized spacial score (nSPS) is 19.4. The van der Waals surface area contributed by atoms with Gasteiger partial charge in [0.05, 0.1) is 22.3 Å². The second-order valence-electron chi connectivity index (χ2n) is 5.49. The summed E-state index contributed by atoms with van der Waals surface area (Å²) in [6.07, 6.45) is 2.36. The van der Waals surface area contributed by atoms with E-state index in [1.165, 1.54) is 12.1 Å². The van der Waals surface area contributed by atoms with Crippen LogP contribution in [0, 0.1) is 13.8 Å². The van der Waals surface area contributed by atoms with Crippen LogP contribution in [0.15, 0.2) is 17.0 Å². The van der Waals surface area contributed by atoms with Crippen molar-refractivity contribution in [2.45, 2.75) is 44.1 Å². The summed E-state index contributed by atoms with van der Waals surface area (Å²) < 4.78 is 30.6. The topological polar surface area (TPSA) is 80.7 Å². The molecule has 21 heavy (non-hydrogen) atoms. The molecule has 1 aromatic rings. The summed E-state index contributed by atoms with van der Waals surface area (Å²) in [5.41, 5.74) is 1.27. The highest BCUT2D eigenvalue weighted by Gasteiger charge is 2.26. The standard InChI is InChI=1S/C15H20O5S/c1-10-7-12(15(16)17)8-14(11(10)2)21(18,19)9-13-5-3-4-6-20-13/h7-8,13H,3-6,9H2,1-2H3,(H,16,17). The Labute approximate surface area is 124 Å². The molecule has 1 heterocycles. The minimum absolute atomic E-state index is 0.00115. The zero-order valence-electron chi connectivity index (χ0n) is 12.3. The molecule has 1 unspecified atom stereocenters. The molecule has 1 atom stereocenters. The van der Waals surface area contributed by atoms with Crippen molar-refractivity contribution in [3.63, 3.8) is 0 Å². The summed E-state index contributed by atoms with van der Waals surface area (Å²) in [6, 6.07) is 2.75. The summed E-state index contributed by atoms with van der Waals surface area (Å²) in [4.78, 5) is 11.2. The molecule has 1 saturated heterocycles. The third kappa shape index (κ3) is 3.63. The van der Waals surface area contributed by atoms with E-state index in [9.17, 15) is 13.2 Å². The smallest absolute Gasteiger partial charge is 0.335 e. The Morgan fingerprint density at radius 3 is 2.62 bits per heavy atom. The Kier molecular flexibility index (Phi) is 4.68. The van der Waals surface area contributed by atoms with E-state index in [2.05, 4.69) is 0 Å². The van der Waals surface area contributed by atoms with Crippen LogP contribution in [0.4, 0.5) is 0 Å². The largest absolute Gasteiger partial charge is 0.478 e. The minimum atomic E-state index is -3.56. The van der Waals surface area contributed by atoms with Crippen LogP contribution in [-0.2, 0) is 14.6 Å². The molecular formula is C15H20O5S. The predicted molar refractivity (Wildman–Crippen MR) is 78.5 cm³/mol. The van der Waals surface area contributed by atoms with Crippen molar-refractivity contribution in [1.82, 2.24) is 0 Å². The molecule has 2 rings (SSSR count). The quantitative estimate of drug-likeness (QED) is 0.923. The molecule has 0 aromatic heterocycles. The average molecular weight is 312 g/mol. The van der Waals surface area contributed by atoms with Crippen LogP contribution in [0.1, 0.15) is 40.7 Å². The summed E-state index contributed by atoms with van der Waals surface area (Å²) in [6.45, 7) is 4.01. The number of hydrogen-bond donors (Lipinski definition) is 1. The van der Waals surface area contributed by atoms with Crippen molar-refractivity contribution in [1.29, 1.82) is 0 Å². The highest BCUT2D eigenvalue weighted by molar-refractivity contribution is 7.91. The van der Waals surface area contributed by atoms with Gasteiger partial charge in [-0.3, -0.25) is 0 Å². The molecule has 0 amide bonds. The van der Waals surface area contributed by atoms with E-state index in [1.54, 1.807) is 13.8 Å². The molecule has 5 nitrogen and oxygen atoms in total. The Morgan fingerprint density at radius 2 is 2.05 bits per heavy atom. The van der Waals surface area contributed by atoms with Crippen molar-refractivity contribution < 1.29 is 23.1 Å². The number of carboxylic acids is 1. The Morgan fingerprint density at radius 1 is 1.33 bits per heavy atom. The molecule has 116 valence electrons. The Balaban J connectivity index is 2.36. The van der Waals surface area contributed by atoms with Gasteiger partial charge in [-0.1, -0.05) is 0 Å². The number of sulfone groups is 1. The summed E-state index contributed by atoms with van der Waals surface area (Å²) in [7, 11) is -3.56. The maximum Gasteiger partial charge on any atom is 0.335 e. The fourth-order valence-electron chi connectivity index (χ4n) is 2.55. The molecule has 6 heteroatoms. The van der Waals surface area contributed by atoms with E-state index < -0.39 is 15.8 Å². The fraction of sp³-hybridized carbons (Fsp3) is 0.533. The molecule has 1 aromatic carbocycles. The fourth-order valence-corrected chi connectivity index (χ4v) is 4.41. The molecule has 1 N–H and O–H groups in total. The maximum absolute atomic E-state index is 12.6. The molecule has 0 spiro atoms. The van der Waals surface area contributed by atoms with Crippen molar-refractivity contribution in [3.8, 4) is 0 Å². The Bertz CT molecular complexity index is 642. The first-order chi connectivity index (χ1) is 9.81. The third-order valence-electron chi connectivity index (χ3n) is 3.88. The number of carbonyl (C=O) groups is 1. The molecule has 1 aliphatic rings. The summed E-state index contributed by atoms with van der Waals surface area (Å²) >= 11 is 0. The van der Waals surface area contributed by atoms with Crippen LogP contribution in [0.2, 0.25) is 0 Å². The number of aryl methyl sites for hydroxylation is 1. The van der Waals surface area contributed by atoms with Gasteiger partial charge in [-0.25, -0.2) is 13.2 Å². The van der Waals surface area contributed by atoms with Crippen molar-refractivity contribution in [2.75, 3.05) is 12.4 Å². The molecule has 0 radical (unpaired) electrons. The SMILES string of the molecule is Cc1cc(C(=O)O)cc(S(=O)(=O)CC2CCCCO2)c1C. The zero-order chi connectivity index (χ0) is 15.6. The van der Waals surface area contributed by atoms with Crippen molar-refractivity contribution in [2.24, 2.45) is 0 Å². The Hall–Kier alpha value is -1.40. The highest BCUT2D eigenvalue weighted by Crippen LogP contribution is 2.25. The predicted octanol–water partition coefficient (Wildman–Crippen LogP) is 2.34. The van der Waals surface area contributed by atoms with E-state index >= 15 is 0 Å². The monoisotopic (exact) mass is 312 g/mol. The van der Waals surface area contributed by atoms with E-state index in [1.807, 2.05) is 0 Å². The van der Waals surface area contributed by atoms with Gasteiger partial charge >= 0.3 is 5.97 Å². The highest BCUT2D eigenvalue weighted by atomic mass is 32.2. The maximum atomic E-state index is 12.6. The van der Waals surface area contributed by atoms with E-state index in [0.29, 0.717) is 17.7 Å². The first-order valence-electron chi connectivity index (χ1n) is 7.00. The van der Waals surface area contributed by atoms with Crippen LogP contribution in [0.25, 0.3) is 0 Å². The van der Waals surface area contributed by atoms with Crippen molar-refractivity contribution >= 4 is 15.8 Å². The molecule has 0 saturated carbocycles. The van der Waals surface area contributed by atoms with Crippen LogP contribution in [0.5, 0.6) is 0 Å². The van der Waals surface area contributed by atoms with Gasteiger partial charge in [0.2, 0.25) is 0 Å². The van der Waals surface area contributed by atoms with Crippen molar-refractivity contribution in [3.05, 3.63) is 28.8 Å². The zero-order valence-corrected chi connectivity index (χ0v) is 13.1. The second-order valence-corrected chi connectivity index (χ2v) is 7.49. The van der Waals surface area contributed by atoms with Gasteiger partial charge in [-0.05, 0) is 56.4 Å². The molecule has 0 aliphatic carbocycles. The number of carboxylic acid groups (broad SMARTS) is 1. The first kappa shape index (κ1) is 16.0. The number of rotatable bonds is 4. The van der Waals surface area contributed by atoms with Gasteiger partial charge in [0.25, 0.3) is 0 Å². The number of aromatic carboxylic acids is 1. The molecule has 1 aliphatic heterocycles. The number of ether oxygens (including phenoxy) is 1. The van der Waals surface area contributed by atoms with E-state index in [4.69, 9.17) is 9.84 Å². The lowest BCUT2D eigenvalue weighted by Gasteiger charge is -2.23. The van der Waals surface area contributed by atoms with Crippen LogP contribution >= 0.6 is 0 Å². The second kappa shape index (κ2) is 6.15. The van der Waals surface area contributed by atoms with Gasteiger partial charge in [0, 0.05) is 6.61 Å². The third-order valence-corrected chi connectivity index (χ3v) is 5.79. The van der Waals surface area contributed by atoms with Crippen LogP contribution in [0.3, 0.4) is 0 Å². The van der Waals surface area contributed by atoms with E-state index in [0.717, 1.165) is 19.3 Å². The van der Waals surface area contributed by atoms with Crippen LogP contribution < -0.4 is 0 Å². The van der Waals surface area contributed by atoms with Gasteiger partial charge in [0.1, 0.15) is 0 Å². The van der Waals surface area contributed by atoms with Gasteiger partial charge in [-0.2, -0.15) is 0 Å². The molecule has 1 fully saturated rings. The van der Waals surface area contributed by atoms with Gasteiger partial charge < -0.3 is 9.84 Å². The average Bonchev–Trinajstić information content (AvgIpc) is 2.41. The molecule has 0 bridgehead atoms. The molecular weight excluding hydrogens is 292 g/mol. The summed E-state index contributed by atoms with van der Waals surface area (Å²) in [5, 5.41) is 9.09. The number of hydrogen-bond acceptors (Lipinski definition) is 4. The minimum Gasteiger partial charge on any atom is -0.478 e. The first-order valence-corrected chi connectivity index (χ1v) is 8.65. The van der Waals surface area contributed by atoms with E-state index in [-0.39, 0.29) is 22.3 Å². The lowest BCUT2D eigenvalue weighted by atomic mass is 10.1. The van der Waals surface area contributed by atoms with Gasteiger partial charge in [-0.15, -0.1) is 0 Å². The lowest BCUT2D eigenvalue weighted by Crippen LogP contribution is -2.28. The number of benzene rings is 1. The summed E-state index contributed by atoms with van der Waals surface area (Å²) in [5.74, 6) is -1.21.